The van der Waals surface area contributed by atoms with E-state index in [0.717, 1.165) is 0 Å². The number of carbonyl (C=O) groups excluding carboxylic acids is 2. The predicted molar refractivity (Wildman–Crippen MR) is 130 cm³/mol. The molecule has 0 bridgehead atoms. The van der Waals surface area contributed by atoms with Gasteiger partial charge in [0.15, 0.2) is 0 Å². The van der Waals surface area contributed by atoms with Gasteiger partial charge in [-0.1, -0.05) is 31.5 Å². The van der Waals surface area contributed by atoms with Gasteiger partial charge < -0.3 is 20.5 Å². The van der Waals surface area contributed by atoms with Crippen molar-refractivity contribution in [2.24, 2.45) is 5.92 Å². The maximum Gasteiger partial charge on any atom is 0.408 e. The number of sulfonamides is 1. The largest absolute Gasteiger partial charge is 0.444 e. The monoisotopic (exact) mass is 517 g/mol. The van der Waals surface area contributed by atoms with Crippen molar-refractivity contribution >= 4 is 33.6 Å². The molecule has 1 heterocycles. The second kappa shape index (κ2) is 11.7. The van der Waals surface area contributed by atoms with Crippen molar-refractivity contribution in [1.29, 1.82) is 0 Å². The third kappa shape index (κ3) is 8.41. The van der Waals surface area contributed by atoms with Crippen LogP contribution >= 0.6 is 11.6 Å². The molecule has 2 rings (SSSR count). The molecule has 34 heavy (non-hydrogen) atoms. The summed E-state index contributed by atoms with van der Waals surface area (Å²) in [4.78, 5) is 25.3. The molecule has 1 aromatic rings. The van der Waals surface area contributed by atoms with Crippen molar-refractivity contribution in [1.82, 2.24) is 14.9 Å². The number of halogens is 1. The molecule has 1 aliphatic heterocycles. The zero-order valence-corrected chi connectivity index (χ0v) is 21.9. The first-order valence-electron chi connectivity index (χ1n) is 11.4. The summed E-state index contributed by atoms with van der Waals surface area (Å²) in [5, 5.41) is 16.5. The maximum absolute atomic E-state index is 13.0. The van der Waals surface area contributed by atoms with Crippen LogP contribution in [0.4, 0.5) is 4.79 Å². The topological polar surface area (TPSA) is 125 Å². The number of β-amino-alcohol motifs (C(OH)–C–C–N with tert-alkyl or cyclic N) is 1. The van der Waals surface area contributed by atoms with Crippen LogP contribution in [0, 0.1) is 5.92 Å². The summed E-state index contributed by atoms with van der Waals surface area (Å²) >= 11 is 5.95. The first kappa shape index (κ1) is 28.4. The molecule has 9 nitrogen and oxygen atoms in total. The van der Waals surface area contributed by atoms with Gasteiger partial charge in [-0.15, -0.1) is 0 Å². The standard InChI is InChI=1S/C23H36ClN3O6S/c1-15(2)12-19(26-22(30)33-23(3,4)5)21(29)25-18-10-7-11-27(14-20(18)28)34(31,32)17-9-6-8-16(24)13-17/h6,8-9,13,15,18-20,28H,7,10-12,14H2,1-5H3,(H,25,29)(H,26,30)/t18?,19-,20?/m0/s1. The van der Waals surface area contributed by atoms with Crippen molar-refractivity contribution in [2.75, 3.05) is 13.1 Å². The molecule has 1 fully saturated rings. The molecule has 0 aromatic heterocycles. The van der Waals surface area contributed by atoms with Gasteiger partial charge in [-0.2, -0.15) is 4.31 Å². The highest BCUT2D eigenvalue weighted by molar-refractivity contribution is 7.89. The molecule has 1 aromatic carbocycles. The number of nitrogens with one attached hydrogen (secondary N) is 2. The number of alkyl carbamates (subject to hydrolysis) is 1. The van der Waals surface area contributed by atoms with Gasteiger partial charge >= 0.3 is 6.09 Å². The van der Waals surface area contributed by atoms with E-state index in [1.807, 2.05) is 13.8 Å². The van der Waals surface area contributed by atoms with Crippen LogP contribution in [0.2, 0.25) is 5.02 Å². The van der Waals surface area contributed by atoms with E-state index >= 15 is 0 Å². The minimum absolute atomic E-state index is 0.0493. The summed E-state index contributed by atoms with van der Waals surface area (Å²) in [5.41, 5.74) is -0.710. The number of aliphatic hydroxyl groups excluding tert-OH is 1. The summed E-state index contributed by atoms with van der Waals surface area (Å²) in [5.74, 6) is -0.335. The lowest BCUT2D eigenvalue weighted by Crippen LogP contribution is -2.54. The number of benzene rings is 1. The molecule has 3 atom stereocenters. The second-order valence-electron chi connectivity index (χ2n) is 9.97. The number of amides is 2. The van der Waals surface area contributed by atoms with E-state index in [9.17, 15) is 23.1 Å². The van der Waals surface area contributed by atoms with Crippen molar-refractivity contribution in [2.45, 2.75) is 82.6 Å². The van der Waals surface area contributed by atoms with Gasteiger partial charge in [-0.3, -0.25) is 4.79 Å². The number of hydrogen-bond donors (Lipinski definition) is 3. The summed E-state index contributed by atoms with van der Waals surface area (Å²) in [6.45, 7) is 9.07. The molecule has 0 radical (unpaired) electrons. The molecule has 1 saturated heterocycles. The Kier molecular flexibility index (Phi) is 9.76. The number of ether oxygens (including phenoxy) is 1. The number of nitrogens with zero attached hydrogens (tertiary/aromatic N) is 1. The van der Waals surface area contributed by atoms with Gasteiger partial charge in [0.2, 0.25) is 15.9 Å². The highest BCUT2D eigenvalue weighted by Crippen LogP contribution is 2.23. The lowest BCUT2D eigenvalue weighted by Gasteiger charge is -2.28. The van der Waals surface area contributed by atoms with Gasteiger partial charge in [0.05, 0.1) is 17.0 Å². The number of aliphatic hydroxyl groups is 1. The van der Waals surface area contributed by atoms with Crippen LogP contribution in [0.15, 0.2) is 29.2 Å². The van der Waals surface area contributed by atoms with Crippen LogP contribution in [-0.4, -0.2) is 66.7 Å². The van der Waals surface area contributed by atoms with E-state index in [4.69, 9.17) is 16.3 Å². The average molecular weight is 518 g/mol. The SMILES string of the molecule is CC(C)C[C@H](NC(=O)OC(C)(C)C)C(=O)NC1CCCN(S(=O)(=O)c2cccc(Cl)c2)CC1O. The maximum atomic E-state index is 13.0. The van der Waals surface area contributed by atoms with Crippen molar-refractivity contribution in [3.8, 4) is 0 Å². The van der Waals surface area contributed by atoms with E-state index in [2.05, 4.69) is 10.6 Å². The first-order valence-corrected chi connectivity index (χ1v) is 13.2. The zero-order valence-electron chi connectivity index (χ0n) is 20.4. The Morgan fingerprint density at radius 2 is 1.97 bits per heavy atom. The molecule has 2 amide bonds. The lowest BCUT2D eigenvalue weighted by atomic mass is 10.0. The summed E-state index contributed by atoms with van der Waals surface area (Å²) < 4.78 is 32.6. The minimum atomic E-state index is -3.86. The van der Waals surface area contributed by atoms with Crippen LogP contribution in [0.5, 0.6) is 0 Å². The molecular formula is C23H36ClN3O6S. The van der Waals surface area contributed by atoms with E-state index < -0.39 is 45.8 Å². The van der Waals surface area contributed by atoms with E-state index in [0.29, 0.717) is 24.3 Å². The first-order chi connectivity index (χ1) is 15.7. The van der Waals surface area contributed by atoms with Crippen molar-refractivity contribution in [3.05, 3.63) is 29.3 Å². The van der Waals surface area contributed by atoms with Gasteiger partial charge in [0, 0.05) is 18.1 Å². The third-order valence-electron chi connectivity index (χ3n) is 5.25. The molecule has 2 unspecified atom stereocenters. The van der Waals surface area contributed by atoms with Gasteiger partial charge in [0.25, 0.3) is 0 Å². The smallest absolute Gasteiger partial charge is 0.408 e. The predicted octanol–water partition coefficient (Wildman–Crippen LogP) is 2.91. The van der Waals surface area contributed by atoms with Crippen LogP contribution < -0.4 is 10.6 Å². The molecule has 3 N–H and O–H groups in total. The Labute approximate surface area is 207 Å². The number of hydrogen-bond acceptors (Lipinski definition) is 6. The molecule has 1 aliphatic rings. The molecule has 0 spiro atoms. The van der Waals surface area contributed by atoms with Gasteiger partial charge in [-0.25, -0.2) is 13.2 Å². The zero-order chi connectivity index (χ0) is 25.7. The van der Waals surface area contributed by atoms with E-state index in [1.54, 1.807) is 32.9 Å². The van der Waals surface area contributed by atoms with Crippen LogP contribution in [0.25, 0.3) is 0 Å². The fourth-order valence-corrected chi connectivity index (χ4v) is 5.50. The lowest BCUT2D eigenvalue weighted by molar-refractivity contribution is -0.125. The van der Waals surface area contributed by atoms with E-state index in [-0.39, 0.29) is 23.9 Å². The summed E-state index contributed by atoms with van der Waals surface area (Å²) in [7, 11) is -3.86. The number of carbonyl (C=O) groups is 2. The molecule has 0 saturated carbocycles. The Morgan fingerprint density at radius 1 is 1.29 bits per heavy atom. The minimum Gasteiger partial charge on any atom is -0.444 e. The molecular weight excluding hydrogens is 482 g/mol. The Hall–Kier alpha value is -1.88. The fraction of sp³-hybridized carbons (Fsp3) is 0.652. The van der Waals surface area contributed by atoms with Crippen LogP contribution in [0.1, 0.15) is 53.9 Å². The Balaban J connectivity index is 2.09. The van der Waals surface area contributed by atoms with Crippen molar-refractivity contribution < 1.29 is 27.9 Å². The second-order valence-corrected chi connectivity index (χ2v) is 12.3. The van der Waals surface area contributed by atoms with Gasteiger partial charge in [-0.05, 0) is 64.2 Å². The van der Waals surface area contributed by atoms with Crippen LogP contribution in [-0.2, 0) is 19.6 Å². The summed E-state index contributed by atoms with van der Waals surface area (Å²) in [6, 6.07) is 4.45. The van der Waals surface area contributed by atoms with E-state index in [1.165, 1.54) is 16.4 Å². The molecule has 192 valence electrons. The normalized spacial score (nSPS) is 20.9. The fourth-order valence-electron chi connectivity index (χ4n) is 3.71. The third-order valence-corrected chi connectivity index (χ3v) is 7.35. The van der Waals surface area contributed by atoms with Crippen molar-refractivity contribution in [3.63, 3.8) is 0 Å². The quantitative estimate of drug-likeness (QED) is 0.510. The van der Waals surface area contributed by atoms with Gasteiger partial charge in [0.1, 0.15) is 11.6 Å². The molecule has 11 heteroatoms. The Morgan fingerprint density at radius 3 is 2.56 bits per heavy atom. The summed E-state index contributed by atoms with van der Waals surface area (Å²) in [6.07, 6.45) is -0.621. The number of rotatable bonds is 7. The highest BCUT2D eigenvalue weighted by Gasteiger charge is 2.35. The highest BCUT2D eigenvalue weighted by atomic mass is 35.5. The van der Waals surface area contributed by atoms with Crippen LogP contribution in [0.3, 0.4) is 0 Å². The molecule has 0 aliphatic carbocycles. The Bertz CT molecular complexity index is 964. The average Bonchev–Trinajstić information content (AvgIpc) is 2.87.